The van der Waals surface area contributed by atoms with Gasteiger partial charge in [-0.2, -0.15) is 5.10 Å². The fourth-order valence-corrected chi connectivity index (χ4v) is 3.43. The Morgan fingerprint density at radius 2 is 1.96 bits per heavy atom. The molecule has 130 valence electrons. The molecule has 0 radical (unpaired) electrons. The molecular weight excluding hydrogens is 300 g/mol. The van der Waals surface area contributed by atoms with Crippen LogP contribution in [0.25, 0.3) is 0 Å². The van der Waals surface area contributed by atoms with Crippen LogP contribution in [0, 0.1) is 6.92 Å². The predicted octanol–water partition coefficient (Wildman–Crippen LogP) is 2.24. The largest absolute Gasteiger partial charge is 0.379 e. The van der Waals surface area contributed by atoms with E-state index >= 15 is 0 Å². The zero-order valence-electron chi connectivity index (χ0n) is 14.7. The Morgan fingerprint density at radius 1 is 1.21 bits per heavy atom. The lowest BCUT2D eigenvalue weighted by atomic mass is 9.98. The van der Waals surface area contributed by atoms with Crippen molar-refractivity contribution in [3.05, 3.63) is 53.9 Å². The highest BCUT2D eigenvalue weighted by Crippen LogP contribution is 2.25. The Kier molecular flexibility index (Phi) is 6.01. The van der Waals surface area contributed by atoms with Crippen LogP contribution in [0.5, 0.6) is 0 Å². The summed E-state index contributed by atoms with van der Waals surface area (Å²) in [6, 6.07) is 11.5. The summed E-state index contributed by atoms with van der Waals surface area (Å²) in [5.74, 6) is 0. The van der Waals surface area contributed by atoms with Gasteiger partial charge in [0.1, 0.15) is 0 Å². The number of nitrogens with one attached hydrogen (secondary N) is 1. The molecular formula is C19H28N4O. The molecule has 2 heterocycles. The molecule has 0 bridgehead atoms. The SMILES string of the molecule is Cc1cnn(CCN[C@@H](C)[C@@H](c2ccccc2)N2CCOCC2)c1. The molecule has 2 aromatic rings. The van der Waals surface area contributed by atoms with Crippen LogP contribution in [0.3, 0.4) is 0 Å². The second kappa shape index (κ2) is 8.42. The first-order valence-electron chi connectivity index (χ1n) is 8.83. The van der Waals surface area contributed by atoms with E-state index in [1.54, 1.807) is 0 Å². The molecule has 0 saturated carbocycles. The minimum Gasteiger partial charge on any atom is -0.379 e. The van der Waals surface area contributed by atoms with Gasteiger partial charge in [-0.1, -0.05) is 30.3 Å². The standard InChI is InChI=1S/C19H28N4O/c1-16-14-21-23(15-16)9-8-20-17(2)19(18-6-4-3-5-7-18)22-10-12-24-13-11-22/h3-7,14-15,17,19-20H,8-13H2,1-2H3/t17-,19-/m0/s1. The zero-order valence-corrected chi connectivity index (χ0v) is 14.7. The van der Waals surface area contributed by atoms with Gasteiger partial charge in [-0.05, 0) is 25.0 Å². The number of benzene rings is 1. The van der Waals surface area contributed by atoms with E-state index < -0.39 is 0 Å². The minimum atomic E-state index is 0.363. The average molecular weight is 328 g/mol. The maximum atomic E-state index is 5.53. The number of nitrogens with zero attached hydrogens (tertiary/aromatic N) is 3. The average Bonchev–Trinajstić information content (AvgIpc) is 3.02. The third kappa shape index (κ3) is 4.44. The van der Waals surface area contributed by atoms with Crippen LogP contribution in [-0.4, -0.2) is 53.6 Å². The molecule has 3 rings (SSSR count). The van der Waals surface area contributed by atoms with Crippen molar-refractivity contribution in [1.29, 1.82) is 0 Å². The van der Waals surface area contributed by atoms with Gasteiger partial charge in [0.05, 0.1) is 32.0 Å². The van der Waals surface area contributed by atoms with Gasteiger partial charge in [0.2, 0.25) is 0 Å². The van der Waals surface area contributed by atoms with E-state index in [0.29, 0.717) is 12.1 Å². The Labute approximate surface area is 144 Å². The van der Waals surface area contributed by atoms with Crippen LogP contribution >= 0.6 is 0 Å². The lowest BCUT2D eigenvalue weighted by molar-refractivity contribution is 0.00865. The van der Waals surface area contributed by atoms with Crippen molar-refractivity contribution in [2.24, 2.45) is 0 Å². The normalized spacial score (nSPS) is 18.4. The number of hydrogen-bond acceptors (Lipinski definition) is 4. The van der Waals surface area contributed by atoms with Crippen LogP contribution in [0.15, 0.2) is 42.7 Å². The molecule has 24 heavy (non-hydrogen) atoms. The molecule has 0 amide bonds. The highest BCUT2D eigenvalue weighted by molar-refractivity contribution is 5.21. The number of morpholine rings is 1. The molecule has 1 fully saturated rings. The van der Waals surface area contributed by atoms with Crippen molar-refractivity contribution in [1.82, 2.24) is 20.0 Å². The topological polar surface area (TPSA) is 42.3 Å². The molecule has 1 N–H and O–H groups in total. The Morgan fingerprint density at radius 3 is 2.62 bits per heavy atom. The smallest absolute Gasteiger partial charge is 0.0594 e. The van der Waals surface area contributed by atoms with Gasteiger partial charge in [-0.3, -0.25) is 9.58 Å². The van der Waals surface area contributed by atoms with E-state index in [2.05, 4.69) is 65.7 Å². The molecule has 1 aliphatic heterocycles. The fourth-order valence-electron chi connectivity index (χ4n) is 3.43. The first-order chi connectivity index (χ1) is 11.7. The van der Waals surface area contributed by atoms with Crippen molar-refractivity contribution < 1.29 is 4.74 Å². The summed E-state index contributed by atoms with van der Waals surface area (Å²) in [6.45, 7) is 9.78. The van der Waals surface area contributed by atoms with Crippen LogP contribution in [0.4, 0.5) is 0 Å². The molecule has 1 aromatic heterocycles. The van der Waals surface area contributed by atoms with E-state index in [9.17, 15) is 0 Å². The van der Waals surface area contributed by atoms with Gasteiger partial charge in [0.25, 0.3) is 0 Å². The second-order valence-electron chi connectivity index (χ2n) is 6.53. The third-order valence-corrected chi connectivity index (χ3v) is 4.62. The number of hydrogen-bond donors (Lipinski definition) is 1. The summed E-state index contributed by atoms with van der Waals surface area (Å²) in [5.41, 5.74) is 2.58. The summed E-state index contributed by atoms with van der Waals surface area (Å²) < 4.78 is 7.53. The Balaban J connectivity index is 1.63. The van der Waals surface area contributed by atoms with Gasteiger partial charge in [-0.25, -0.2) is 0 Å². The predicted molar refractivity (Wildman–Crippen MR) is 96.0 cm³/mol. The van der Waals surface area contributed by atoms with Gasteiger partial charge in [0.15, 0.2) is 0 Å². The molecule has 5 heteroatoms. The first kappa shape index (κ1) is 17.1. The van der Waals surface area contributed by atoms with E-state index in [4.69, 9.17) is 4.74 Å². The van der Waals surface area contributed by atoms with Crippen molar-refractivity contribution >= 4 is 0 Å². The third-order valence-electron chi connectivity index (χ3n) is 4.62. The Bertz CT molecular complexity index is 607. The lowest BCUT2D eigenvalue weighted by Crippen LogP contribution is -2.47. The van der Waals surface area contributed by atoms with Crippen LogP contribution in [-0.2, 0) is 11.3 Å². The van der Waals surface area contributed by atoms with E-state index in [1.807, 2.05) is 10.9 Å². The fraction of sp³-hybridized carbons (Fsp3) is 0.526. The van der Waals surface area contributed by atoms with Crippen molar-refractivity contribution in [3.8, 4) is 0 Å². The zero-order chi connectivity index (χ0) is 16.8. The maximum Gasteiger partial charge on any atom is 0.0594 e. The number of ether oxygens (including phenoxy) is 1. The number of aryl methyl sites for hydroxylation is 1. The van der Waals surface area contributed by atoms with E-state index in [0.717, 1.165) is 39.4 Å². The molecule has 1 aliphatic rings. The van der Waals surface area contributed by atoms with E-state index in [-0.39, 0.29) is 0 Å². The molecule has 1 saturated heterocycles. The van der Waals surface area contributed by atoms with Crippen molar-refractivity contribution in [3.63, 3.8) is 0 Å². The summed E-state index contributed by atoms with van der Waals surface area (Å²) >= 11 is 0. The maximum absolute atomic E-state index is 5.53. The van der Waals surface area contributed by atoms with Crippen LogP contribution < -0.4 is 5.32 Å². The number of aromatic nitrogens is 2. The second-order valence-corrected chi connectivity index (χ2v) is 6.53. The highest BCUT2D eigenvalue weighted by atomic mass is 16.5. The Hall–Kier alpha value is -1.69. The van der Waals surface area contributed by atoms with Gasteiger partial charge >= 0.3 is 0 Å². The van der Waals surface area contributed by atoms with E-state index in [1.165, 1.54) is 11.1 Å². The van der Waals surface area contributed by atoms with Crippen molar-refractivity contribution in [2.45, 2.75) is 32.5 Å². The summed E-state index contributed by atoms with van der Waals surface area (Å²) in [5, 5.41) is 8.05. The molecule has 0 aliphatic carbocycles. The van der Waals surface area contributed by atoms with Crippen LogP contribution in [0.1, 0.15) is 24.1 Å². The minimum absolute atomic E-state index is 0.363. The van der Waals surface area contributed by atoms with Gasteiger partial charge < -0.3 is 10.1 Å². The van der Waals surface area contributed by atoms with Gasteiger partial charge in [-0.15, -0.1) is 0 Å². The summed E-state index contributed by atoms with van der Waals surface area (Å²) in [7, 11) is 0. The monoisotopic (exact) mass is 328 g/mol. The first-order valence-corrected chi connectivity index (χ1v) is 8.83. The molecule has 2 atom stereocenters. The molecule has 5 nitrogen and oxygen atoms in total. The van der Waals surface area contributed by atoms with Crippen LogP contribution in [0.2, 0.25) is 0 Å². The van der Waals surface area contributed by atoms with Gasteiger partial charge in [0, 0.05) is 31.9 Å². The molecule has 1 aromatic carbocycles. The number of rotatable bonds is 7. The highest BCUT2D eigenvalue weighted by Gasteiger charge is 2.27. The molecule has 0 spiro atoms. The lowest BCUT2D eigenvalue weighted by Gasteiger charge is -2.38. The quantitative estimate of drug-likeness (QED) is 0.846. The molecule has 0 unspecified atom stereocenters. The van der Waals surface area contributed by atoms with Crippen molar-refractivity contribution in [2.75, 3.05) is 32.8 Å². The summed E-state index contributed by atoms with van der Waals surface area (Å²) in [6.07, 6.45) is 3.99. The summed E-state index contributed by atoms with van der Waals surface area (Å²) in [4.78, 5) is 2.54.